The van der Waals surface area contributed by atoms with Gasteiger partial charge < -0.3 is 15.7 Å². The van der Waals surface area contributed by atoms with E-state index in [9.17, 15) is 9.59 Å². The van der Waals surface area contributed by atoms with Crippen LogP contribution in [-0.4, -0.2) is 39.5 Å². The molecule has 1 aliphatic heterocycles. The van der Waals surface area contributed by atoms with Crippen LogP contribution in [0.3, 0.4) is 0 Å². The SMILES string of the molecule is O=C1CC(Nc2cncc(C(=O)O)n2)CN1. The van der Waals surface area contributed by atoms with E-state index in [1.54, 1.807) is 0 Å². The summed E-state index contributed by atoms with van der Waals surface area (Å²) in [5.74, 6) is -0.793. The Morgan fingerprint density at radius 3 is 3.00 bits per heavy atom. The number of carboxylic acids is 1. The van der Waals surface area contributed by atoms with Crippen molar-refractivity contribution in [1.29, 1.82) is 0 Å². The predicted octanol–water partition coefficient (Wildman–Crippen LogP) is -0.525. The van der Waals surface area contributed by atoms with Crippen molar-refractivity contribution < 1.29 is 14.7 Å². The predicted molar refractivity (Wildman–Crippen MR) is 54.0 cm³/mol. The zero-order chi connectivity index (χ0) is 11.5. The van der Waals surface area contributed by atoms with Crippen molar-refractivity contribution in [2.45, 2.75) is 12.5 Å². The van der Waals surface area contributed by atoms with Crippen LogP contribution in [0.4, 0.5) is 5.82 Å². The number of aromatic nitrogens is 2. The lowest BCUT2D eigenvalue weighted by molar-refractivity contribution is -0.119. The Bertz CT molecular complexity index is 435. The summed E-state index contributed by atoms with van der Waals surface area (Å²) >= 11 is 0. The number of amides is 1. The Kier molecular flexibility index (Phi) is 2.67. The molecule has 1 saturated heterocycles. The highest BCUT2D eigenvalue weighted by atomic mass is 16.4. The van der Waals surface area contributed by atoms with Crippen LogP contribution in [0.1, 0.15) is 16.9 Å². The van der Waals surface area contributed by atoms with Gasteiger partial charge in [0.2, 0.25) is 5.91 Å². The summed E-state index contributed by atoms with van der Waals surface area (Å²) in [4.78, 5) is 29.2. The van der Waals surface area contributed by atoms with Crippen LogP contribution in [0.15, 0.2) is 12.4 Å². The van der Waals surface area contributed by atoms with E-state index < -0.39 is 5.97 Å². The molecule has 84 valence electrons. The molecule has 16 heavy (non-hydrogen) atoms. The second-order valence-corrected chi connectivity index (χ2v) is 3.44. The number of carbonyl (C=O) groups excluding carboxylic acids is 1. The van der Waals surface area contributed by atoms with Crippen LogP contribution in [0.25, 0.3) is 0 Å². The number of anilines is 1. The van der Waals surface area contributed by atoms with Gasteiger partial charge in [0.15, 0.2) is 5.69 Å². The summed E-state index contributed by atoms with van der Waals surface area (Å²) in [6.07, 6.45) is 2.96. The molecule has 0 saturated carbocycles. The second kappa shape index (κ2) is 4.13. The van der Waals surface area contributed by atoms with Gasteiger partial charge in [-0.15, -0.1) is 0 Å². The maximum absolute atomic E-state index is 10.9. The van der Waals surface area contributed by atoms with Crippen LogP contribution >= 0.6 is 0 Å². The fourth-order valence-electron chi connectivity index (χ4n) is 1.45. The number of hydrogen-bond acceptors (Lipinski definition) is 5. The minimum Gasteiger partial charge on any atom is -0.476 e. The molecule has 7 heteroatoms. The Balaban J connectivity index is 2.07. The van der Waals surface area contributed by atoms with Gasteiger partial charge in [0, 0.05) is 13.0 Å². The third-order valence-corrected chi connectivity index (χ3v) is 2.18. The number of carbonyl (C=O) groups is 2. The van der Waals surface area contributed by atoms with Crippen LogP contribution in [0.5, 0.6) is 0 Å². The zero-order valence-electron chi connectivity index (χ0n) is 8.30. The molecule has 1 aromatic heterocycles. The first kappa shape index (κ1) is 10.3. The van der Waals surface area contributed by atoms with Crippen molar-refractivity contribution >= 4 is 17.7 Å². The molecule has 7 nitrogen and oxygen atoms in total. The van der Waals surface area contributed by atoms with Crippen molar-refractivity contribution in [3.05, 3.63) is 18.1 Å². The van der Waals surface area contributed by atoms with Crippen molar-refractivity contribution in [2.75, 3.05) is 11.9 Å². The van der Waals surface area contributed by atoms with E-state index in [4.69, 9.17) is 5.11 Å². The fourth-order valence-corrected chi connectivity index (χ4v) is 1.45. The van der Waals surface area contributed by atoms with Gasteiger partial charge in [-0.1, -0.05) is 0 Å². The standard InChI is InChI=1S/C9H10N4O3/c14-8-1-5(2-11-8)12-7-4-10-3-6(13-7)9(15)16/h3-5H,1-2H2,(H,11,14)(H,12,13)(H,15,16). The molecule has 0 bridgehead atoms. The molecule has 1 aliphatic rings. The molecular weight excluding hydrogens is 212 g/mol. The molecule has 1 aromatic rings. The van der Waals surface area contributed by atoms with Gasteiger partial charge >= 0.3 is 5.97 Å². The highest BCUT2D eigenvalue weighted by molar-refractivity contribution is 5.85. The molecule has 2 rings (SSSR count). The van der Waals surface area contributed by atoms with Gasteiger partial charge in [-0.3, -0.25) is 9.78 Å². The normalized spacial score (nSPS) is 19.2. The lowest BCUT2D eigenvalue weighted by Crippen LogP contribution is -2.23. The summed E-state index contributed by atoms with van der Waals surface area (Å²) in [6, 6.07) is -0.0640. The molecule has 3 N–H and O–H groups in total. The zero-order valence-corrected chi connectivity index (χ0v) is 8.30. The first-order chi connectivity index (χ1) is 7.65. The first-order valence-corrected chi connectivity index (χ1v) is 4.74. The highest BCUT2D eigenvalue weighted by Gasteiger charge is 2.21. The van der Waals surface area contributed by atoms with E-state index in [2.05, 4.69) is 20.6 Å². The number of carboxylic acid groups (broad SMARTS) is 1. The third-order valence-electron chi connectivity index (χ3n) is 2.18. The second-order valence-electron chi connectivity index (χ2n) is 3.44. The maximum atomic E-state index is 10.9. The molecule has 2 heterocycles. The first-order valence-electron chi connectivity index (χ1n) is 4.74. The van der Waals surface area contributed by atoms with Crippen LogP contribution in [0, 0.1) is 0 Å². The molecule has 0 aromatic carbocycles. The minimum absolute atomic E-state index is 0.0279. The fraction of sp³-hybridized carbons (Fsp3) is 0.333. The summed E-state index contributed by atoms with van der Waals surface area (Å²) < 4.78 is 0. The summed E-state index contributed by atoms with van der Waals surface area (Å²) in [6.45, 7) is 0.512. The van der Waals surface area contributed by atoms with Crippen molar-refractivity contribution in [2.24, 2.45) is 0 Å². The van der Waals surface area contributed by atoms with Crippen LogP contribution in [0.2, 0.25) is 0 Å². The number of rotatable bonds is 3. The third kappa shape index (κ3) is 2.25. The highest BCUT2D eigenvalue weighted by Crippen LogP contribution is 2.08. The van der Waals surface area contributed by atoms with Gasteiger partial charge in [-0.05, 0) is 0 Å². The Labute approximate surface area is 90.9 Å². The lowest BCUT2D eigenvalue weighted by Gasteiger charge is -2.10. The van der Waals surface area contributed by atoms with E-state index in [1.165, 1.54) is 12.4 Å². The number of aromatic carboxylic acids is 1. The maximum Gasteiger partial charge on any atom is 0.356 e. The van der Waals surface area contributed by atoms with E-state index in [1.807, 2.05) is 0 Å². The van der Waals surface area contributed by atoms with Crippen LogP contribution < -0.4 is 10.6 Å². The smallest absolute Gasteiger partial charge is 0.356 e. The van der Waals surface area contributed by atoms with E-state index in [0.29, 0.717) is 18.8 Å². The van der Waals surface area contributed by atoms with Gasteiger partial charge in [0.25, 0.3) is 0 Å². The lowest BCUT2D eigenvalue weighted by atomic mass is 10.2. The number of nitrogens with one attached hydrogen (secondary N) is 2. The van der Waals surface area contributed by atoms with Crippen LogP contribution in [-0.2, 0) is 4.79 Å². The molecule has 0 spiro atoms. The molecule has 1 atom stereocenters. The topological polar surface area (TPSA) is 104 Å². The van der Waals surface area contributed by atoms with E-state index >= 15 is 0 Å². The van der Waals surface area contributed by atoms with Gasteiger partial charge in [-0.2, -0.15) is 0 Å². The average Bonchev–Trinajstić information content (AvgIpc) is 2.64. The van der Waals surface area contributed by atoms with Gasteiger partial charge in [0.05, 0.1) is 18.4 Å². The average molecular weight is 222 g/mol. The van der Waals surface area contributed by atoms with E-state index in [0.717, 1.165) is 0 Å². The number of nitrogens with zero attached hydrogens (tertiary/aromatic N) is 2. The van der Waals surface area contributed by atoms with Crippen molar-refractivity contribution in [1.82, 2.24) is 15.3 Å². The summed E-state index contributed by atoms with van der Waals surface area (Å²) in [5.41, 5.74) is -0.123. The minimum atomic E-state index is -1.13. The number of hydrogen-bond donors (Lipinski definition) is 3. The molecule has 1 unspecified atom stereocenters. The van der Waals surface area contributed by atoms with Crippen molar-refractivity contribution in [3.8, 4) is 0 Å². The quantitative estimate of drug-likeness (QED) is 0.635. The molecule has 0 aliphatic carbocycles. The summed E-state index contributed by atoms with van der Waals surface area (Å²) in [7, 11) is 0. The van der Waals surface area contributed by atoms with E-state index in [-0.39, 0.29) is 17.6 Å². The summed E-state index contributed by atoms with van der Waals surface area (Å²) in [5, 5.41) is 14.3. The Morgan fingerprint density at radius 1 is 1.56 bits per heavy atom. The molecule has 1 amide bonds. The van der Waals surface area contributed by atoms with Gasteiger partial charge in [-0.25, -0.2) is 9.78 Å². The monoisotopic (exact) mass is 222 g/mol. The molecule has 1 fully saturated rings. The van der Waals surface area contributed by atoms with Gasteiger partial charge in [0.1, 0.15) is 5.82 Å². The molecule has 0 radical (unpaired) electrons. The molecular formula is C9H10N4O3. The van der Waals surface area contributed by atoms with Crippen molar-refractivity contribution in [3.63, 3.8) is 0 Å². The Morgan fingerprint density at radius 2 is 2.38 bits per heavy atom. The largest absolute Gasteiger partial charge is 0.476 e. The Hall–Kier alpha value is -2.18.